The Hall–Kier alpha value is -3.68. The van der Waals surface area contributed by atoms with Crippen LogP contribution in [0.4, 0.5) is 4.39 Å². The molecule has 0 atom stereocenters. The van der Waals surface area contributed by atoms with E-state index in [0.29, 0.717) is 5.75 Å². The van der Waals surface area contributed by atoms with Gasteiger partial charge in [-0.15, -0.1) is 0 Å². The molecule has 0 radical (unpaired) electrons. The molecule has 0 aliphatic rings. The van der Waals surface area contributed by atoms with Crippen LogP contribution in [0.15, 0.2) is 59.5 Å². The summed E-state index contributed by atoms with van der Waals surface area (Å²) in [6.07, 6.45) is 5.03. The molecule has 3 heterocycles. The number of aryl methyl sites for hydroxylation is 1. The summed E-state index contributed by atoms with van der Waals surface area (Å²) in [7, 11) is 0. The van der Waals surface area contributed by atoms with Gasteiger partial charge in [-0.25, -0.2) is 14.4 Å². The third-order valence-electron chi connectivity index (χ3n) is 4.10. The molecule has 3 aromatic heterocycles. The van der Waals surface area contributed by atoms with E-state index in [9.17, 15) is 9.18 Å². The molecule has 142 valence electrons. The highest BCUT2D eigenvalue weighted by molar-refractivity contribution is 5.91. The number of hydrogen-bond acceptors (Lipinski definition) is 5. The van der Waals surface area contributed by atoms with Gasteiger partial charge in [-0.1, -0.05) is 12.1 Å². The Bertz CT molecular complexity index is 1140. The van der Waals surface area contributed by atoms with E-state index in [2.05, 4.69) is 15.3 Å². The average molecular weight is 380 g/mol. The van der Waals surface area contributed by atoms with E-state index in [4.69, 9.17) is 9.15 Å². The molecular formula is C20H17FN4O3. The van der Waals surface area contributed by atoms with Gasteiger partial charge in [0.1, 0.15) is 23.5 Å². The van der Waals surface area contributed by atoms with Crippen molar-refractivity contribution in [2.24, 2.45) is 0 Å². The van der Waals surface area contributed by atoms with Gasteiger partial charge >= 0.3 is 0 Å². The van der Waals surface area contributed by atoms with Crippen LogP contribution in [0.1, 0.15) is 27.6 Å². The van der Waals surface area contributed by atoms with Crippen LogP contribution in [-0.4, -0.2) is 20.3 Å². The van der Waals surface area contributed by atoms with E-state index >= 15 is 0 Å². The summed E-state index contributed by atoms with van der Waals surface area (Å²) < 4.78 is 25.7. The van der Waals surface area contributed by atoms with Crippen molar-refractivity contribution in [1.82, 2.24) is 19.7 Å². The first-order valence-electron chi connectivity index (χ1n) is 8.62. The van der Waals surface area contributed by atoms with Crippen LogP contribution < -0.4 is 10.1 Å². The summed E-state index contributed by atoms with van der Waals surface area (Å²) in [6, 6.07) is 9.66. The molecule has 0 bridgehead atoms. The van der Waals surface area contributed by atoms with Crippen molar-refractivity contribution in [3.8, 4) is 5.75 Å². The largest absolute Gasteiger partial charge is 0.484 e. The summed E-state index contributed by atoms with van der Waals surface area (Å²) in [6.45, 7) is 2.23. The summed E-state index contributed by atoms with van der Waals surface area (Å²) in [5.41, 5.74) is 2.78. The van der Waals surface area contributed by atoms with Gasteiger partial charge in [-0.3, -0.25) is 4.79 Å². The number of nitrogens with zero attached hydrogens (tertiary/aromatic N) is 3. The fourth-order valence-electron chi connectivity index (χ4n) is 2.73. The second-order valence-electron chi connectivity index (χ2n) is 6.21. The zero-order chi connectivity index (χ0) is 19.5. The first kappa shape index (κ1) is 17.7. The van der Waals surface area contributed by atoms with E-state index < -0.39 is 5.82 Å². The summed E-state index contributed by atoms with van der Waals surface area (Å²) in [5, 5.41) is 2.76. The standard InChI is InChI=1S/C20H17FN4O3/c1-13-4-3-7-25-10-15(23-19(13)25)9-22-20(26)17-11-28-18(24-17)12-27-16-6-2-5-14(21)8-16/h2-8,10-11H,9,12H2,1H3,(H,22,26). The zero-order valence-electron chi connectivity index (χ0n) is 15.1. The minimum Gasteiger partial charge on any atom is -0.484 e. The van der Waals surface area contributed by atoms with Gasteiger partial charge in [0, 0.05) is 18.5 Å². The van der Waals surface area contributed by atoms with Crippen LogP contribution in [0, 0.1) is 12.7 Å². The number of nitrogens with one attached hydrogen (secondary N) is 1. The molecule has 0 saturated heterocycles. The third kappa shape index (κ3) is 3.85. The Morgan fingerprint density at radius 2 is 2.18 bits per heavy atom. The number of hydrogen-bond donors (Lipinski definition) is 1. The lowest BCUT2D eigenvalue weighted by Gasteiger charge is -2.02. The lowest BCUT2D eigenvalue weighted by atomic mass is 10.3. The molecule has 1 amide bonds. The number of carbonyl (C=O) groups excluding carboxylic acids is 1. The molecule has 0 spiro atoms. The molecule has 1 N–H and O–H groups in total. The van der Waals surface area contributed by atoms with Crippen molar-refractivity contribution in [2.45, 2.75) is 20.1 Å². The summed E-state index contributed by atoms with van der Waals surface area (Å²) in [5.74, 6) is -0.203. The molecule has 0 aliphatic heterocycles. The first-order chi connectivity index (χ1) is 13.6. The molecule has 28 heavy (non-hydrogen) atoms. The monoisotopic (exact) mass is 380 g/mol. The van der Waals surface area contributed by atoms with Crippen molar-refractivity contribution in [3.05, 3.63) is 83.7 Å². The zero-order valence-corrected chi connectivity index (χ0v) is 15.1. The van der Waals surface area contributed by atoms with Crippen LogP contribution in [0.2, 0.25) is 0 Å². The maximum Gasteiger partial charge on any atom is 0.273 e. The number of fused-ring (bicyclic) bond motifs is 1. The van der Waals surface area contributed by atoms with Crippen molar-refractivity contribution in [3.63, 3.8) is 0 Å². The smallest absolute Gasteiger partial charge is 0.273 e. The number of halogens is 1. The van der Waals surface area contributed by atoms with E-state index in [1.54, 1.807) is 12.1 Å². The van der Waals surface area contributed by atoms with Gasteiger partial charge in [-0.05, 0) is 30.7 Å². The molecule has 1 aromatic carbocycles. The second kappa shape index (κ2) is 7.51. The predicted octanol–water partition coefficient (Wildman–Crippen LogP) is 3.28. The first-order valence-corrected chi connectivity index (χ1v) is 8.62. The second-order valence-corrected chi connectivity index (χ2v) is 6.21. The molecule has 0 saturated carbocycles. The van der Waals surface area contributed by atoms with Gasteiger partial charge in [0.05, 0.1) is 12.2 Å². The topological polar surface area (TPSA) is 81.7 Å². The minimum absolute atomic E-state index is 0.0115. The number of rotatable bonds is 6. The van der Waals surface area contributed by atoms with Gasteiger partial charge in [0.2, 0.25) is 5.89 Å². The molecule has 0 aliphatic carbocycles. The average Bonchev–Trinajstić information content (AvgIpc) is 3.32. The van der Waals surface area contributed by atoms with E-state index in [-0.39, 0.29) is 30.6 Å². The number of benzene rings is 1. The van der Waals surface area contributed by atoms with Crippen molar-refractivity contribution >= 4 is 11.6 Å². The molecular weight excluding hydrogens is 363 g/mol. The maximum atomic E-state index is 13.1. The molecule has 0 fully saturated rings. The molecule has 8 heteroatoms. The van der Waals surface area contributed by atoms with Crippen LogP contribution in [-0.2, 0) is 13.2 Å². The number of oxazole rings is 1. The fourth-order valence-corrected chi connectivity index (χ4v) is 2.73. The maximum absolute atomic E-state index is 13.1. The lowest BCUT2D eigenvalue weighted by molar-refractivity contribution is 0.0945. The summed E-state index contributed by atoms with van der Waals surface area (Å²) in [4.78, 5) is 20.9. The van der Waals surface area contributed by atoms with Crippen LogP contribution in [0.3, 0.4) is 0 Å². The molecule has 4 aromatic rings. The molecule has 7 nitrogen and oxygen atoms in total. The Kier molecular flexibility index (Phi) is 4.76. The lowest BCUT2D eigenvalue weighted by Crippen LogP contribution is -2.23. The number of amides is 1. The molecule has 4 rings (SSSR count). The van der Waals surface area contributed by atoms with Crippen molar-refractivity contribution in [1.29, 1.82) is 0 Å². The highest BCUT2D eigenvalue weighted by Gasteiger charge is 2.13. The Morgan fingerprint density at radius 3 is 3.00 bits per heavy atom. The van der Waals surface area contributed by atoms with Gasteiger partial charge in [0.25, 0.3) is 5.91 Å². The van der Waals surface area contributed by atoms with E-state index in [1.165, 1.54) is 18.4 Å². The van der Waals surface area contributed by atoms with E-state index in [0.717, 1.165) is 16.9 Å². The number of ether oxygens (including phenoxy) is 1. The van der Waals surface area contributed by atoms with Gasteiger partial charge in [-0.2, -0.15) is 0 Å². The van der Waals surface area contributed by atoms with Crippen LogP contribution >= 0.6 is 0 Å². The third-order valence-corrected chi connectivity index (χ3v) is 4.10. The van der Waals surface area contributed by atoms with Crippen molar-refractivity contribution < 1.29 is 18.3 Å². The van der Waals surface area contributed by atoms with Gasteiger partial charge in [0.15, 0.2) is 12.3 Å². The van der Waals surface area contributed by atoms with E-state index in [1.807, 2.05) is 35.9 Å². The predicted molar refractivity (Wildman–Crippen MR) is 98.3 cm³/mol. The van der Waals surface area contributed by atoms with Crippen molar-refractivity contribution in [2.75, 3.05) is 0 Å². The van der Waals surface area contributed by atoms with Gasteiger partial charge < -0.3 is 18.9 Å². The van der Waals surface area contributed by atoms with Crippen LogP contribution in [0.25, 0.3) is 5.65 Å². The van der Waals surface area contributed by atoms with Crippen LogP contribution in [0.5, 0.6) is 5.75 Å². The molecule has 0 unspecified atom stereocenters. The minimum atomic E-state index is -0.396. The summed E-state index contributed by atoms with van der Waals surface area (Å²) >= 11 is 0. The Balaban J connectivity index is 1.35. The number of carbonyl (C=O) groups is 1. The number of imidazole rings is 1. The fraction of sp³-hybridized carbons (Fsp3) is 0.150. The number of aromatic nitrogens is 3. The number of pyridine rings is 1. The highest BCUT2D eigenvalue weighted by atomic mass is 19.1. The quantitative estimate of drug-likeness (QED) is 0.555. The highest BCUT2D eigenvalue weighted by Crippen LogP contribution is 2.14. The Labute approximate surface area is 159 Å². The SMILES string of the molecule is Cc1cccn2cc(CNC(=O)c3coc(COc4cccc(F)c4)n3)nc12. The normalized spacial score (nSPS) is 10.9. The Morgan fingerprint density at radius 1 is 1.29 bits per heavy atom.